The van der Waals surface area contributed by atoms with Gasteiger partial charge in [0.05, 0.1) is 13.0 Å². The molecule has 2 rings (SSSR count). The monoisotopic (exact) mass is 347 g/mol. The van der Waals surface area contributed by atoms with E-state index in [4.69, 9.17) is 13.9 Å². The second-order valence-electron chi connectivity index (χ2n) is 7.00. The van der Waals surface area contributed by atoms with E-state index in [2.05, 4.69) is 5.32 Å². The summed E-state index contributed by atoms with van der Waals surface area (Å²) in [5.41, 5.74) is 0.769. The Hall–Kier alpha value is -2.34. The highest BCUT2D eigenvalue weighted by atomic mass is 16.6. The number of hydrogen-bond donors (Lipinski definition) is 1. The first-order valence-corrected chi connectivity index (χ1v) is 8.23. The molecule has 0 aliphatic heterocycles. The fourth-order valence-corrected chi connectivity index (χ4v) is 2.54. The van der Waals surface area contributed by atoms with Crippen molar-refractivity contribution in [1.29, 1.82) is 0 Å². The van der Waals surface area contributed by atoms with Gasteiger partial charge in [-0.15, -0.1) is 0 Å². The molecule has 0 spiro atoms. The summed E-state index contributed by atoms with van der Waals surface area (Å²) in [6.07, 6.45) is 0.0862. The van der Waals surface area contributed by atoms with Crippen LogP contribution in [0.2, 0.25) is 0 Å². The molecule has 1 aromatic heterocycles. The van der Waals surface area contributed by atoms with Gasteiger partial charge in [-0.1, -0.05) is 18.2 Å². The molecule has 0 saturated carbocycles. The zero-order valence-corrected chi connectivity index (χ0v) is 15.3. The van der Waals surface area contributed by atoms with Crippen LogP contribution in [-0.2, 0) is 20.9 Å². The summed E-state index contributed by atoms with van der Waals surface area (Å²) in [5.74, 6) is -0.527. The van der Waals surface area contributed by atoms with Crippen LogP contribution in [0.4, 0.5) is 0 Å². The summed E-state index contributed by atoms with van der Waals surface area (Å²) >= 11 is 0. The highest BCUT2D eigenvalue weighted by molar-refractivity contribution is 5.99. The summed E-state index contributed by atoms with van der Waals surface area (Å²) in [6, 6.07) is 7.02. The lowest BCUT2D eigenvalue weighted by atomic mass is 10.1. The van der Waals surface area contributed by atoms with Crippen LogP contribution in [0.25, 0.3) is 11.0 Å². The Morgan fingerprint density at radius 1 is 1.24 bits per heavy atom. The van der Waals surface area contributed by atoms with Crippen molar-refractivity contribution in [2.45, 2.75) is 52.4 Å². The molecule has 0 fully saturated rings. The minimum atomic E-state index is -0.550. The lowest BCUT2D eigenvalue weighted by Crippen LogP contribution is -2.36. The van der Waals surface area contributed by atoms with E-state index in [9.17, 15) is 9.59 Å². The topological polar surface area (TPSA) is 77.8 Å². The van der Waals surface area contributed by atoms with Gasteiger partial charge in [0.1, 0.15) is 11.2 Å². The first-order chi connectivity index (χ1) is 11.7. The van der Waals surface area contributed by atoms with Gasteiger partial charge < -0.3 is 19.2 Å². The summed E-state index contributed by atoms with van der Waals surface area (Å²) < 4.78 is 16.2. The predicted molar refractivity (Wildman–Crippen MR) is 94.3 cm³/mol. The predicted octanol–water partition coefficient (Wildman–Crippen LogP) is 3.43. The van der Waals surface area contributed by atoms with Gasteiger partial charge in [-0.3, -0.25) is 9.59 Å². The molecule has 6 nitrogen and oxygen atoms in total. The van der Waals surface area contributed by atoms with E-state index in [1.807, 2.05) is 18.2 Å². The van der Waals surface area contributed by atoms with Gasteiger partial charge in [0, 0.05) is 24.1 Å². The van der Waals surface area contributed by atoms with Gasteiger partial charge >= 0.3 is 5.97 Å². The third kappa shape index (κ3) is 5.06. The zero-order chi connectivity index (χ0) is 18.6. The van der Waals surface area contributed by atoms with Gasteiger partial charge in [-0.05, 0) is 33.8 Å². The van der Waals surface area contributed by atoms with Crippen LogP contribution in [0.15, 0.2) is 28.7 Å². The van der Waals surface area contributed by atoms with E-state index in [1.165, 1.54) is 0 Å². The number of rotatable bonds is 6. The SMILES string of the molecule is COCc1c(C(=O)N[C@H](C)CC(=O)OC(C)(C)C)oc2ccccc12. The van der Waals surface area contributed by atoms with Crippen LogP contribution in [0.3, 0.4) is 0 Å². The van der Waals surface area contributed by atoms with E-state index in [-0.39, 0.29) is 36.7 Å². The number of carbonyl (C=O) groups is 2. The van der Waals surface area contributed by atoms with Crippen molar-refractivity contribution in [2.75, 3.05) is 7.11 Å². The van der Waals surface area contributed by atoms with Crippen molar-refractivity contribution in [2.24, 2.45) is 0 Å². The molecule has 0 unspecified atom stereocenters. The molecule has 0 aliphatic carbocycles. The first kappa shape index (κ1) is 19.0. The van der Waals surface area contributed by atoms with Crippen molar-refractivity contribution < 1.29 is 23.5 Å². The van der Waals surface area contributed by atoms with Gasteiger partial charge in [-0.2, -0.15) is 0 Å². The highest BCUT2D eigenvalue weighted by Gasteiger charge is 2.23. The smallest absolute Gasteiger partial charge is 0.308 e. The van der Waals surface area contributed by atoms with Crippen molar-refractivity contribution >= 4 is 22.8 Å². The van der Waals surface area contributed by atoms with Crippen LogP contribution < -0.4 is 5.32 Å². The Morgan fingerprint density at radius 3 is 2.56 bits per heavy atom. The summed E-state index contributed by atoms with van der Waals surface area (Å²) in [5, 5.41) is 3.63. The number of ether oxygens (including phenoxy) is 2. The van der Waals surface area contributed by atoms with E-state index >= 15 is 0 Å². The quantitative estimate of drug-likeness (QED) is 0.810. The molecule has 1 N–H and O–H groups in total. The number of esters is 1. The summed E-state index contributed by atoms with van der Waals surface area (Å²) in [4.78, 5) is 24.5. The zero-order valence-electron chi connectivity index (χ0n) is 15.3. The molecule has 1 heterocycles. The lowest BCUT2D eigenvalue weighted by molar-refractivity contribution is -0.155. The van der Waals surface area contributed by atoms with Crippen LogP contribution in [0.1, 0.15) is 50.2 Å². The Morgan fingerprint density at radius 2 is 1.92 bits per heavy atom. The fourth-order valence-electron chi connectivity index (χ4n) is 2.54. The normalized spacial score (nSPS) is 12.8. The van der Waals surface area contributed by atoms with Crippen LogP contribution in [0.5, 0.6) is 0 Å². The number of para-hydroxylation sites is 1. The van der Waals surface area contributed by atoms with E-state index in [1.54, 1.807) is 40.9 Å². The van der Waals surface area contributed by atoms with Gasteiger partial charge in [0.2, 0.25) is 0 Å². The molecule has 1 aromatic carbocycles. The molecule has 6 heteroatoms. The third-order valence-electron chi connectivity index (χ3n) is 3.46. The Bertz CT molecular complexity index is 757. The minimum absolute atomic E-state index is 0.0862. The summed E-state index contributed by atoms with van der Waals surface area (Å²) in [7, 11) is 1.56. The molecule has 0 aliphatic rings. The number of amides is 1. The number of nitrogens with one attached hydrogen (secondary N) is 1. The molecular formula is C19H25NO5. The number of carbonyl (C=O) groups excluding carboxylic acids is 2. The number of methoxy groups -OCH3 is 1. The first-order valence-electron chi connectivity index (χ1n) is 8.23. The Labute approximate surface area is 147 Å². The molecule has 25 heavy (non-hydrogen) atoms. The largest absolute Gasteiger partial charge is 0.460 e. The molecule has 0 bridgehead atoms. The van der Waals surface area contributed by atoms with E-state index in [0.29, 0.717) is 11.1 Å². The molecule has 1 amide bonds. The maximum absolute atomic E-state index is 12.6. The number of furan rings is 1. The second-order valence-corrected chi connectivity index (χ2v) is 7.00. The highest BCUT2D eigenvalue weighted by Crippen LogP contribution is 2.26. The Kier molecular flexibility index (Phi) is 5.85. The fraction of sp³-hybridized carbons (Fsp3) is 0.474. The molecule has 0 saturated heterocycles. The second kappa shape index (κ2) is 7.70. The number of hydrogen-bond acceptors (Lipinski definition) is 5. The van der Waals surface area contributed by atoms with Gasteiger partial charge in [0.15, 0.2) is 5.76 Å². The number of fused-ring (bicyclic) bond motifs is 1. The molecule has 1 atom stereocenters. The molecule has 136 valence electrons. The van der Waals surface area contributed by atoms with Crippen LogP contribution >= 0.6 is 0 Å². The third-order valence-corrected chi connectivity index (χ3v) is 3.46. The van der Waals surface area contributed by atoms with E-state index in [0.717, 1.165) is 5.39 Å². The maximum atomic E-state index is 12.6. The van der Waals surface area contributed by atoms with Crippen LogP contribution in [0, 0.1) is 0 Å². The average Bonchev–Trinajstić information content (AvgIpc) is 2.84. The summed E-state index contributed by atoms with van der Waals surface area (Å²) in [6.45, 7) is 7.43. The van der Waals surface area contributed by atoms with Crippen molar-refractivity contribution in [1.82, 2.24) is 5.32 Å². The maximum Gasteiger partial charge on any atom is 0.308 e. The lowest BCUT2D eigenvalue weighted by Gasteiger charge is -2.21. The van der Waals surface area contributed by atoms with Gasteiger partial charge in [-0.25, -0.2) is 0 Å². The molecule has 0 radical (unpaired) electrons. The molecule has 2 aromatic rings. The van der Waals surface area contributed by atoms with E-state index < -0.39 is 5.60 Å². The van der Waals surface area contributed by atoms with Crippen molar-refractivity contribution in [3.8, 4) is 0 Å². The van der Waals surface area contributed by atoms with Gasteiger partial charge in [0.25, 0.3) is 5.91 Å². The minimum Gasteiger partial charge on any atom is -0.460 e. The standard InChI is InChI=1S/C19H25NO5/c1-12(10-16(21)25-19(2,3)4)20-18(22)17-14(11-23-5)13-8-6-7-9-15(13)24-17/h6-9,12H,10-11H2,1-5H3,(H,20,22)/t12-/m1/s1. The Balaban J connectivity index is 2.11. The number of benzene rings is 1. The average molecular weight is 347 g/mol. The van der Waals surface area contributed by atoms with Crippen LogP contribution in [-0.4, -0.2) is 30.6 Å². The van der Waals surface area contributed by atoms with Crippen molar-refractivity contribution in [3.63, 3.8) is 0 Å². The molecular weight excluding hydrogens is 322 g/mol. The van der Waals surface area contributed by atoms with Crippen molar-refractivity contribution in [3.05, 3.63) is 35.6 Å².